The highest BCUT2D eigenvalue weighted by Gasteiger charge is 2.37. The lowest BCUT2D eigenvalue weighted by Gasteiger charge is -2.10. The van der Waals surface area contributed by atoms with Crippen molar-refractivity contribution in [2.75, 3.05) is 5.32 Å². The molecule has 0 saturated heterocycles. The number of nitrogens with zero attached hydrogens (tertiary/aromatic N) is 2. The second-order valence-corrected chi connectivity index (χ2v) is 9.65. The first kappa shape index (κ1) is 15.3. The van der Waals surface area contributed by atoms with Gasteiger partial charge in [-0.05, 0) is 17.2 Å². The van der Waals surface area contributed by atoms with E-state index in [4.69, 9.17) is 4.98 Å². The van der Waals surface area contributed by atoms with E-state index in [9.17, 15) is 4.55 Å². The van der Waals surface area contributed by atoms with Crippen LogP contribution < -0.4 is 5.32 Å². The van der Waals surface area contributed by atoms with Crippen molar-refractivity contribution < 1.29 is 4.55 Å². The first-order chi connectivity index (χ1) is 12.2. The molecule has 4 aromatic rings. The number of thiazole rings is 1. The third kappa shape index (κ3) is 2.38. The van der Waals surface area contributed by atoms with Crippen LogP contribution in [-0.4, -0.2) is 19.9 Å². The zero-order valence-corrected chi connectivity index (χ0v) is 15.7. The highest BCUT2D eigenvalue weighted by Crippen LogP contribution is 2.48. The Kier molecular flexibility index (Phi) is 3.56. The first-order valence-corrected chi connectivity index (χ1v) is 10.7. The van der Waals surface area contributed by atoms with Crippen LogP contribution in [0.3, 0.4) is 0 Å². The summed E-state index contributed by atoms with van der Waals surface area (Å²) in [5.74, 6) is 0. The van der Waals surface area contributed by atoms with E-state index in [1.165, 1.54) is 11.3 Å². The molecular weight excluding hydrogens is 370 g/mol. The summed E-state index contributed by atoms with van der Waals surface area (Å²) in [6.45, 7) is 1.95. The van der Waals surface area contributed by atoms with E-state index in [-0.39, 0.29) is 5.37 Å². The maximum Gasteiger partial charge on any atom is 0.234 e. The molecule has 2 atom stereocenters. The van der Waals surface area contributed by atoms with Crippen molar-refractivity contribution >= 4 is 49.8 Å². The number of thiophene rings is 1. The molecule has 0 bridgehead atoms. The zero-order chi connectivity index (χ0) is 17.0. The molecule has 25 heavy (non-hydrogen) atoms. The number of anilines is 1. The first-order valence-electron chi connectivity index (χ1n) is 7.82. The molecule has 5 rings (SSSR count). The van der Waals surface area contributed by atoms with Gasteiger partial charge >= 0.3 is 0 Å². The topological polar surface area (TPSA) is 60.9 Å². The average Bonchev–Trinajstić information content (AvgIpc) is 3.34. The second kappa shape index (κ2) is 5.81. The van der Waals surface area contributed by atoms with Gasteiger partial charge in [-0.2, -0.15) is 0 Å². The van der Waals surface area contributed by atoms with Gasteiger partial charge in [-0.1, -0.05) is 41.7 Å². The Bertz CT molecular complexity index is 1060. The smallest absolute Gasteiger partial charge is 0.234 e. The number of fused-ring (bicyclic) bond motifs is 3. The second-order valence-electron chi connectivity index (χ2n) is 5.79. The molecule has 1 aromatic carbocycles. The largest absolute Gasteiger partial charge is 0.609 e. The molecule has 3 aromatic heterocycles. The van der Waals surface area contributed by atoms with Crippen LogP contribution in [-0.2, 0) is 11.2 Å². The van der Waals surface area contributed by atoms with E-state index in [1.807, 2.05) is 30.5 Å². The number of aromatic nitrogens is 2. The Hall–Kier alpha value is -1.93. The number of rotatable bonds is 2. The summed E-state index contributed by atoms with van der Waals surface area (Å²) in [4.78, 5) is 10.1. The lowest BCUT2D eigenvalue weighted by molar-refractivity contribution is 0.593. The number of nitrogens with one attached hydrogen (secondary N) is 1. The van der Waals surface area contributed by atoms with Crippen molar-refractivity contribution in [3.05, 3.63) is 48.0 Å². The van der Waals surface area contributed by atoms with Crippen molar-refractivity contribution in [1.82, 2.24) is 9.97 Å². The fourth-order valence-corrected chi connectivity index (χ4v) is 6.47. The summed E-state index contributed by atoms with van der Waals surface area (Å²) in [5, 5.41) is 7.24. The third-order valence-electron chi connectivity index (χ3n) is 4.22. The van der Waals surface area contributed by atoms with Crippen LogP contribution in [0.2, 0.25) is 0 Å². The molecule has 0 amide bonds. The maximum atomic E-state index is 12.5. The van der Waals surface area contributed by atoms with Crippen LogP contribution in [0, 0.1) is 0 Å². The highest BCUT2D eigenvalue weighted by atomic mass is 32.2. The van der Waals surface area contributed by atoms with Crippen LogP contribution in [0.25, 0.3) is 32.0 Å². The van der Waals surface area contributed by atoms with Gasteiger partial charge in [0.2, 0.25) is 4.21 Å². The van der Waals surface area contributed by atoms with Gasteiger partial charge in [0, 0.05) is 35.1 Å². The Morgan fingerprint density at radius 2 is 2.08 bits per heavy atom. The van der Waals surface area contributed by atoms with Crippen LogP contribution >= 0.6 is 22.7 Å². The maximum absolute atomic E-state index is 12.5. The Labute approximate surface area is 155 Å². The molecule has 0 spiro atoms. The van der Waals surface area contributed by atoms with Crippen molar-refractivity contribution in [1.29, 1.82) is 0 Å². The van der Waals surface area contributed by atoms with Crippen LogP contribution in [0.4, 0.5) is 5.69 Å². The monoisotopic (exact) mass is 383 g/mol. The predicted molar refractivity (Wildman–Crippen MR) is 106 cm³/mol. The van der Waals surface area contributed by atoms with Crippen molar-refractivity contribution in [3.8, 4) is 21.8 Å². The SMILES string of the molecule is CC1Nc2c(sc3nc(-c4nccs4)cc(-c4ccccc4)c23)[S+]1[O-]. The summed E-state index contributed by atoms with van der Waals surface area (Å²) in [5.41, 5.74) is 4.07. The van der Waals surface area contributed by atoms with Crippen molar-refractivity contribution in [2.45, 2.75) is 16.5 Å². The molecule has 1 aliphatic heterocycles. The Morgan fingerprint density at radius 3 is 2.84 bits per heavy atom. The molecule has 4 heterocycles. The van der Waals surface area contributed by atoms with Gasteiger partial charge in [0.15, 0.2) is 5.37 Å². The summed E-state index contributed by atoms with van der Waals surface area (Å²) in [6, 6.07) is 12.4. The molecule has 1 aliphatic rings. The summed E-state index contributed by atoms with van der Waals surface area (Å²) in [7, 11) is 0. The minimum atomic E-state index is -1.03. The molecule has 0 radical (unpaired) electrons. The third-order valence-corrected chi connectivity index (χ3v) is 7.96. The molecule has 2 unspecified atom stereocenters. The Balaban J connectivity index is 1.84. The normalized spacial score (nSPS) is 19.1. The molecule has 4 nitrogen and oxygen atoms in total. The Morgan fingerprint density at radius 1 is 1.24 bits per heavy atom. The predicted octanol–water partition coefficient (Wildman–Crippen LogP) is 4.97. The van der Waals surface area contributed by atoms with E-state index in [2.05, 4.69) is 28.5 Å². The van der Waals surface area contributed by atoms with Gasteiger partial charge in [0.25, 0.3) is 0 Å². The molecule has 0 aliphatic carbocycles. The molecule has 0 fully saturated rings. The van der Waals surface area contributed by atoms with E-state index in [0.29, 0.717) is 0 Å². The summed E-state index contributed by atoms with van der Waals surface area (Å²) in [6.07, 6.45) is 1.79. The van der Waals surface area contributed by atoms with E-state index >= 15 is 0 Å². The quantitative estimate of drug-likeness (QED) is 0.497. The fourth-order valence-electron chi connectivity index (χ4n) is 3.07. The lowest BCUT2D eigenvalue weighted by Crippen LogP contribution is -2.17. The molecule has 0 saturated carbocycles. The van der Waals surface area contributed by atoms with Crippen LogP contribution in [0.5, 0.6) is 0 Å². The standard InChI is InChI=1S/C18H13N3OS3/c1-10-20-15-14-12(11-5-3-2-4-6-11)9-13(16-19-7-8-23-16)21-17(14)24-18(15)25(10)22/h2-10,20H,1H3. The number of pyridine rings is 1. The van der Waals surface area contributed by atoms with Crippen molar-refractivity contribution in [3.63, 3.8) is 0 Å². The van der Waals surface area contributed by atoms with E-state index in [1.54, 1.807) is 17.5 Å². The van der Waals surface area contributed by atoms with Gasteiger partial charge in [0.05, 0.1) is 0 Å². The van der Waals surface area contributed by atoms with Crippen molar-refractivity contribution in [2.24, 2.45) is 0 Å². The fraction of sp³-hybridized carbons (Fsp3) is 0.111. The van der Waals surface area contributed by atoms with Crippen LogP contribution in [0.15, 0.2) is 52.2 Å². The molecule has 124 valence electrons. The van der Waals surface area contributed by atoms with Crippen LogP contribution in [0.1, 0.15) is 6.92 Å². The molecule has 1 N–H and O–H groups in total. The summed E-state index contributed by atoms with van der Waals surface area (Å²) < 4.78 is 13.4. The summed E-state index contributed by atoms with van der Waals surface area (Å²) >= 11 is 2.07. The van der Waals surface area contributed by atoms with E-state index < -0.39 is 11.2 Å². The minimum absolute atomic E-state index is 0.0621. The number of benzene rings is 1. The zero-order valence-electron chi connectivity index (χ0n) is 13.2. The molecule has 7 heteroatoms. The number of hydrogen-bond donors (Lipinski definition) is 1. The van der Waals surface area contributed by atoms with Gasteiger partial charge in [0.1, 0.15) is 21.2 Å². The van der Waals surface area contributed by atoms with Gasteiger partial charge in [-0.15, -0.1) is 11.3 Å². The van der Waals surface area contributed by atoms with Gasteiger partial charge < -0.3 is 9.87 Å². The minimum Gasteiger partial charge on any atom is -0.609 e. The van der Waals surface area contributed by atoms with Gasteiger partial charge in [-0.3, -0.25) is 0 Å². The number of hydrogen-bond acceptors (Lipinski definition) is 6. The highest BCUT2D eigenvalue weighted by molar-refractivity contribution is 7.94. The average molecular weight is 384 g/mol. The molecular formula is C18H13N3OS3. The van der Waals surface area contributed by atoms with E-state index in [0.717, 1.165) is 41.9 Å². The van der Waals surface area contributed by atoms with Gasteiger partial charge in [-0.25, -0.2) is 9.97 Å². The lowest BCUT2D eigenvalue weighted by atomic mass is 10.0.